The number of aliphatic hydroxyl groups is 1. The summed E-state index contributed by atoms with van der Waals surface area (Å²) in [6.45, 7) is 3.12. The molecule has 0 saturated heterocycles. The average Bonchev–Trinajstić information content (AvgIpc) is 2.37. The highest BCUT2D eigenvalue weighted by Crippen LogP contribution is 2.21. The maximum absolute atomic E-state index is 9.04. The van der Waals surface area contributed by atoms with E-state index < -0.39 is 0 Å². The van der Waals surface area contributed by atoms with E-state index in [1.54, 1.807) is 0 Å². The second-order valence-corrected chi connectivity index (χ2v) is 3.81. The van der Waals surface area contributed by atoms with Gasteiger partial charge in [-0.15, -0.1) is 0 Å². The third-order valence-electron chi connectivity index (χ3n) is 2.60. The van der Waals surface area contributed by atoms with Crippen LogP contribution in [0.1, 0.15) is 11.1 Å². The number of anilines is 1. The lowest BCUT2D eigenvalue weighted by molar-refractivity contribution is 0.281. The smallest absolute Gasteiger partial charge is 0.0682 e. The van der Waals surface area contributed by atoms with Crippen molar-refractivity contribution in [1.29, 1.82) is 0 Å². The minimum atomic E-state index is 0.122. The van der Waals surface area contributed by atoms with Gasteiger partial charge in [0.05, 0.1) is 6.61 Å². The largest absolute Gasteiger partial charge is 0.392 e. The van der Waals surface area contributed by atoms with Crippen molar-refractivity contribution in [2.75, 3.05) is 25.5 Å². The molecule has 0 fully saturated rings. The van der Waals surface area contributed by atoms with Crippen molar-refractivity contribution >= 4 is 5.69 Å². The molecule has 0 spiro atoms. The van der Waals surface area contributed by atoms with Crippen LogP contribution < -0.4 is 5.32 Å². The van der Waals surface area contributed by atoms with E-state index >= 15 is 0 Å². The van der Waals surface area contributed by atoms with Gasteiger partial charge < -0.3 is 15.3 Å². The Balaban J connectivity index is 2.32. The zero-order valence-electron chi connectivity index (χ0n) is 8.45. The van der Waals surface area contributed by atoms with E-state index in [0.29, 0.717) is 0 Å². The molecule has 0 bridgehead atoms. The molecule has 1 heterocycles. The van der Waals surface area contributed by atoms with Crippen LogP contribution in [-0.4, -0.2) is 30.1 Å². The van der Waals surface area contributed by atoms with Crippen molar-refractivity contribution in [3.05, 3.63) is 29.3 Å². The van der Waals surface area contributed by atoms with Gasteiger partial charge in [-0.1, -0.05) is 12.1 Å². The molecule has 0 saturated carbocycles. The highest BCUT2D eigenvalue weighted by Gasteiger charge is 2.10. The Labute approximate surface area is 84.4 Å². The van der Waals surface area contributed by atoms with E-state index in [2.05, 4.69) is 29.4 Å². The summed E-state index contributed by atoms with van der Waals surface area (Å²) in [5.74, 6) is 0. The van der Waals surface area contributed by atoms with E-state index in [9.17, 15) is 0 Å². The van der Waals surface area contributed by atoms with Gasteiger partial charge in [-0.25, -0.2) is 0 Å². The van der Waals surface area contributed by atoms with Gasteiger partial charge in [0.25, 0.3) is 0 Å². The van der Waals surface area contributed by atoms with E-state index in [0.717, 1.165) is 25.2 Å². The van der Waals surface area contributed by atoms with Crippen molar-refractivity contribution in [3.63, 3.8) is 0 Å². The SMILES string of the molecule is CN1CCNc2ccc(CO)cc2C1. The van der Waals surface area contributed by atoms with Gasteiger partial charge in [0.15, 0.2) is 0 Å². The van der Waals surface area contributed by atoms with Crippen molar-refractivity contribution in [1.82, 2.24) is 4.90 Å². The molecule has 0 radical (unpaired) electrons. The lowest BCUT2D eigenvalue weighted by Crippen LogP contribution is -2.20. The van der Waals surface area contributed by atoms with Crippen LogP contribution in [0.3, 0.4) is 0 Å². The predicted molar refractivity (Wildman–Crippen MR) is 57.2 cm³/mol. The number of nitrogens with one attached hydrogen (secondary N) is 1. The molecular weight excluding hydrogens is 176 g/mol. The zero-order chi connectivity index (χ0) is 9.97. The first-order valence-corrected chi connectivity index (χ1v) is 4.94. The normalized spacial score (nSPS) is 17.0. The summed E-state index contributed by atoms with van der Waals surface area (Å²) < 4.78 is 0. The maximum Gasteiger partial charge on any atom is 0.0682 e. The first-order chi connectivity index (χ1) is 6.79. The molecule has 2 rings (SSSR count). The maximum atomic E-state index is 9.04. The Kier molecular flexibility index (Phi) is 2.70. The molecule has 0 amide bonds. The molecule has 0 aromatic heterocycles. The van der Waals surface area contributed by atoms with Crippen LogP contribution in [0.2, 0.25) is 0 Å². The number of hydrogen-bond donors (Lipinski definition) is 2. The van der Waals surface area contributed by atoms with Crippen molar-refractivity contribution in [2.24, 2.45) is 0 Å². The van der Waals surface area contributed by atoms with Gasteiger partial charge in [0.1, 0.15) is 0 Å². The summed E-state index contributed by atoms with van der Waals surface area (Å²) in [7, 11) is 2.11. The lowest BCUT2D eigenvalue weighted by Gasteiger charge is -2.12. The predicted octanol–water partition coefficient (Wildman–Crippen LogP) is 1.04. The van der Waals surface area contributed by atoms with Gasteiger partial charge in [-0.3, -0.25) is 0 Å². The molecular formula is C11H16N2O. The quantitative estimate of drug-likeness (QED) is 0.697. The molecule has 3 nitrogen and oxygen atoms in total. The van der Waals surface area contributed by atoms with Crippen LogP contribution in [0, 0.1) is 0 Å². The minimum absolute atomic E-state index is 0.122. The first kappa shape index (κ1) is 9.49. The van der Waals surface area contributed by atoms with Gasteiger partial charge in [0, 0.05) is 25.3 Å². The number of fused-ring (bicyclic) bond motifs is 1. The Morgan fingerprint density at radius 2 is 2.36 bits per heavy atom. The number of likely N-dealkylation sites (N-methyl/N-ethyl adjacent to an activating group) is 1. The standard InChI is InChI=1S/C11H16N2O/c1-13-5-4-12-11-3-2-9(8-14)6-10(11)7-13/h2-3,6,12,14H,4-5,7-8H2,1H3. The number of aliphatic hydroxyl groups excluding tert-OH is 1. The van der Waals surface area contributed by atoms with Crippen LogP contribution in [0.4, 0.5) is 5.69 Å². The minimum Gasteiger partial charge on any atom is -0.392 e. The highest BCUT2D eigenvalue weighted by molar-refractivity contribution is 5.53. The Morgan fingerprint density at radius 3 is 3.14 bits per heavy atom. The summed E-state index contributed by atoms with van der Waals surface area (Å²) in [6.07, 6.45) is 0. The fourth-order valence-electron chi connectivity index (χ4n) is 1.80. The molecule has 1 aliphatic heterocycles. The number of benzene rings is 1. The molecule has 0 atom stereocenters. The molecule has 2 N–H and O–H groups in total. The van der Waals surface area contributed by atoms with Crippen molar-refractivity contribution < 1.29 is 5.11 Å². The molecule has 0 unspecified atom stereocenters. The topological polar surface area (TPSA) is 35.5 Å². The molecule has 3 heteroatoms. The average molecular weight is 192 g/mol. The van der Waals surface area contributed by atoms with Crippen LogP contribution in [0.5, 0.6) is 0 Å². The monoisotopic (exact) mass is 192 g/mol. The Bertz CT molecular complexity index is 325. The van der Waals surface area contributed by atoms with Gasteiger partial charge in [-0.2, -0.15) is 0 Å². The lowest BCUT2D eigenvalue weighted by atomic mass is 10.1. The Hall–Kier alpha value is -1.06. The van der Waals surface area contributed by atoms with Crippen molar-refractivity contribution in [3.8, 4) is 0 Å². The second kappa shape index (κ2) is 3.98. The van der Waals surface area contributed by atoms with E-state index in [-0.39, 0.29) is 6.61 Å². The van der Waals surface area contributed by atoms with Gasteiger partial charge >= 0.3 is 0 Å². The summed E-state index contributed by atoms with van der Waals surface area (Å²) >= 11 is 0. The Morgan fingerprint density at radius 1 is 1.50 bits per heavy atom. The first-order valence-electron chi connectivity index (χ1n) is 4.94. The summed E-state index contributed by atoms with van der Waals surface area (Å²) in [5.41, 5.74) is 3.46. The second-order valence-electron chi connectivity index (χ2n) is 3.81. The van der Waals surface area contributed by atoms with Crippen LogP contribution in [0.15, 0.2) is 18.2 Å². The fraction of sp³-hybridized carbons (Fsp3) is 0.455. The highest BCUT2D eigenvalue weighted by atomic mass is 16.3. The van der Waals surface area contributed by atoms with Crippen molar-refractivity contribution in [2.45, 2.75) is 13.2 Å². The number of nitrogens with zero attached hydrogens (tertiary/aromatic N) is 1. The zero-order valence-corrected chi connectivity index (χ0v) is 8.45. The molecule has 0 aliphatic carbocycles. The molecule has 1 aromatic rings. The third-order valence-corrected chi connectivity index (χ3v) is 2.60. The van der Waals surface area contributed by atoms with E-state index in [1.165, 1.54) is 11.3 Å². The molecule has 14 heavy (non-hydrogen) atoms. The van der Waals surface area contributed by atoms with E-state index in [1.807, 2.05) is 6.07 Å². The molecule has 1 aliphatic rings. The van der Waals surface area contributed by atoms with Crippen LogP contribution >= 0.6 is 0 Å². The van der Waals surface area contributed by atoms with E-state index in [4.69, 9.17) is 5.11 Å². The van der Waals surface area contributed by atoms with Gasteiger partial charge in [-0.05, 0) is 24.2 Å². The van der Waals surface area contributed by atoms with Crippen LogP contribution in [0.25, 0.3) is 0 Å². The fourth-order valence-corrected chi connectivity index (χ4v) is 1.80. The number of hydrogen-bond acceptors (Lipinski definition) is 3. The van der Waals surface area contributed by atoms with Crippen LogP contribution in [-0.2, 0) is 13.2 Å². The third kappa shape index (κ3) is 1.89. The number of rotatable bonds is 1. The summed E-state index contributed by atoms with van der Waals surface area (Å²) in [5, 5.41) is 12.4. The van der Waals surface area contributed by atoms with Gasteiger partial charge in [0.2, 0.25) is 0 Å². The molecule has 76 valence electrons. The summed E-state index contributed by atoms with van der Waals surface area (Å²) in [6, 6.07) is 6.10. The molecule has 1 aromatic carbocycles. The summed E-state index contributed by atoms with van der Waals surface area (Å²) in [4.78, 5) is 2.28.